The second-order valence-electron chi connectivity index (χ2n) is 5.26. The molecule has 1 aliphatic carbocycles. The summed E-state index contributed by atoms with van der Waals surface area (Å²) in [6.45, 7) is 10.3. The first-order valence-electron chi connectivity index (χ1n) is 7.25. The quantitative estimate of drug-likeness (QED) is 0.315. The molecule has 2 rings (SSSR count). The smallest absolute Gasteiger partial charge is 0.191 e. The molecule has 1 heterocycles. The fraction of sp³-hybridized carbons (Fsp3) is 0.643. The normalized spacial score (nSPS) is 14.5. The highest BCUT2D eigenvalue weighted by atomic mass is 127. The van der Waals surface area contributed by atoms with Gasteiger partial charge in [0.1, 0.15) is 12.2 Å². The van der Waals surface area contributed by atoms with Crippen molar-refractivity contribution in [1.29, 1.82) is 0 Å². The largest absolute Gasteiger partial charge is 0.355 e. The van der Waals surface area contributed by atoms with E-state index in [-0.39, 0.29) is 24.0 Å². The van der Waals surface area contributed by atoms with Gasteiger partial charge in [-0.1, -0.05) is 19.1 Å². The van der Waals surface area contributed by atoms with Crippen molar-refractivity contribution in [2.45, 2.75) is 45.7 Å². The second-order valence-corrected chi connectivity index (χ2v) is 5.26. The van der Waals surface area contributed by atoms with E-state index in [0.29, 0.717) is 12.6 Å². The van der Waals surface area contributed by atoms with Crippen LogP contribution in [0.4, 0.5) is 0 Å². The molecule has 7 heteroatoms. The van der Waals surface area contributed by atoms with E-state index in [1.165, 1.54) is 12.8 Å². The number of aryl methyl sites for hydroxylation is 1. The summed E-state index contributed by atoms with van der Waals surface area (Å²) in [5, 5.41) is 14.8. The minimum atomic E-state index is 0. The minimum absolute atomic E-state index is 0. The molecule has 0 radical (unpaired) electrons. The van der Waals surface area contributed by atoms with Gasteiger partial charge >= 0.3 is 0 Å². The molecule has 1 aromatic rings. The van der Waals surface area contributed by atoms with Gasteiger partial charge in [0, 0.05) is 25.6 Å². The zero-order chi connectivity index (χ0) is 14.4. The number of hydrogen-bond acceptors (Lipinski definition) is 3. The number of guanidine groups is 1. The standard InChI is InChI=1S/C14H24N6.HI/c1-4-13-19-17-10-20(13)8-7-15-14(16-9-11(2)3)18-12-5-6-12;/h10,12H,2,4-9H2,1,3H3,(H2,15,16,18);1H. The van der Waals surface area contributed by atoms with Crippen LogP contribution in [0, 0.1) is 0 Å². The van der Waals surface area contributed by atoms with Gasteiger partial charge in [-0.25, -0.2) is 4.99 Å². The van der Waals surface area contributed by atoms with Crippen LogP contribution in [-0.2, 0) is 13.0 Å². The van der Waals surface area contributed by atoms with E-state index >= 15 is 0 Å². The predicted octanol–water partition coefficient (Wildman–Crippen LogP) is 1.73. The van der Waals surface area contributed by atoms with Crippen LogP contribution in [0.25, 0.3) is 0 Å². The molecule has 0 bridgehead atoms. The minimum Gasteiger partial charge on any atom is -0.355 e. The Morgan fingerprint density at radius 2 is 2.29 bits per heavy atom. The average molecular weight is 404 g/mol. The zero-order valence-electron chi connectivity index (χ0n) is 12.8. The molecular formula is C14H25IN6. The summed E-state index contributed by atoms with van der Waals surface area (Å²) >= 11 is 0. The molecule has 0 aromatic carbocycles. The maximum atomic E-state index is 4.52. The summed E-state index contributed by atoms with van der Waals surface area (Å²) in [4.78, 5) is 4.52. The Kier molecular flexibility index (Phi) is 7.69. The number of nitrogens with zero attached hydrogens (tertiary/aromatic N) is 4. The number of nitrogens with one attached hydrogen (secondary N) is 2. The highest BCUT2D eigenvalue weighted by Gasteiger charge is 2.22. The Hall–Kier alpha value is -1.12. The molecule has 2 N–H and O–H groups in total. The Bertz CT molecular complexity index is 478. The van der Waals surface area contributed by atoms with Crippen LogP contribution in [-0.4, -0.2) is 39.9 Å². The molecule has 0 aliphatic heterocycles. The molecule has 0 unspecified atom stereocenters. The SMILES string of the molecule is C=C(C)CN=C(NCCn1cnnc1CC)NC1CC1.I. The zero-order valence-corrected chi connectivity index (χ0v) is 15.1. The van der Waals surface area contributed by atoms with Gasteiger partial charge < -0.3 is 15.2 Å². The van der Waals surface area contributed by atoms with E-state index in [9.17, 15) is 0 Å². The van der Waals surface area contributed by atoms with Crippen molar-refractivity contribution in [2.24, 2.45) is 4.99 Å². The highest BCUT2D eigenvalue weighted by molar-refractivity contribution is 14.0. The summed E-state index contributed by atoms with van der Waals surface area (Å²) in [6.07, 6.45) is 5.15. The number of aromatic nitrogens is 3. The topological polar surface area (TPSA) is 67.1 Å². The van der Waals surface area contributed by atoms with Crippen LogP contribution in [0.1, 0.15) is 32.5 Å². The lowest BCUT2D eigenvalue weighted by Crippen LogP contribution is -2.40. The van der Waals surface area contributed by atoms with Gasteiger partial charge in [-0.05, 0) is 19.8 Å². The molecule has 1 aliphatic rings. The summed E-state index contributed by atoms with van der Waals surface area (Å²) in [6, 6.07) is 0.590. The van der Waals surface area contributed by atoms with E-state index < -0.39 is 0 Å². The molecule has 118 valence electrons. The molecule has 0 amide bonds. The van der Waals surface area contributed by atoms with Crippen molar-refractivity contribution >= 4 is 29.9 Å². The molecule has 0 spiro atoms. The van der Waals surface area contributed by atoms with Crippen LogP contribution in [0.5, 0.6) is 0 Å². The molecule has 1 aromatic heterocycles. The molecular weight excluding hydrogens is 379 g/mol. The Morgan fingerprint density at radius 1 is 1.52 bits per heavy atom. The Morgan fingerprint density at radius 3 is 2.90 bits per heavy atom. The van der Waals surface area contributed by atoms with Gasteiger partial charge in [-0.2, -0.15) is 0 Å². The second kappa shape index (κ2) is 9.01. The molecule has 6 nitrogen and oxygen atoms in total. The number of hydrogen-bond donors (Lipinski definition) is 2. The summed E-state index contributed by atoms with van der Waals surface area (Å²) in [7, 11) is 0. The molecule has 21 heavy (non-hydrogen) atoms. The van der Waals surface area contributed by atoms with Crippen LogP contribution >= 0.6 is 24.0 Å². The van der Waals surface area contributed by atoms with Gasteiger partial charge in [-0.3, -0.25) is 0 Å². The van der Waals surface area contributed by atoms with Crippen LogP contribution in [0.3, 0.4) is 0 Å². The van der Waals surface area contributed by atoms with Crippen molar-refractivity contribution in [2.75, 3.05) is 13.1 Å². The average Bonchev–Trinajstić information content (AvgIpc) is 3.12. The lowest BCUT2D eigenvalue weighted by molar-refractivity contribution is 0.631. The molecule has 1 saturated carbocycles. The summed E-state index contributed by atoms with van der Waals surface area (Å²) < 4.78 is 2.07. The van der Waals surface area contributed by atoms with Crippen molar-refractivity contribution in [1.82, 2.24) is 25.4 Å². The highest BCUT2D eigenvalue weighted by Crippen LogP contribution is 2.18. The van der Waals surface area contributed by atoms with Crippen molar-refractivity contribution < 1.29 is 0 Å². The summed E-state index contributed by atoms with van der Waals surface area (Å²) in [5.41, 5.74) is 1.06. The number of rotatable bonds is 7. The first-order chi connectivity index (χ1) is 9.69. The predicted molar refractivity (Wildman–Crippen MR) is 96.1 cm³/mol. The van der Waals surface area contributed by atoms with Crippen molar-refractivity contribution in [3.63, 3.8) is 0 Å². The van der Waals surface area contributed by atoms with E-state index in [4.69, 9.17) is 0 Å². The van der Waals surface area contributed by atoms with Gasteiger partial charge in [0.05, 0.1) is 6.54 Å². The van der Waals surface area contributed by atoms with E-state index in [0.717, 1.165) is 36.9 Å². The third-order valence-electron chi connectivity index (χ3n) is 3.08. The van der Waals surface area contributed by atoms with Crippen LogP contribution in [0.15, 0.2) is 23.5 Å². The molecule has 0 atom stereocenters. The first kappa shape index (κ1) is 17.9. The van der Waals surface area contributed by atoms with Gasteiger partial charge in [0.25, 0.3) is 0 Å². The molecule has 0 saturated heterocycles. The van der Waals surface area contributed by atoms with Gasteiger partial charge in [0.15, 0.2) is 5.96 Å². The lowest BCUT2D eigenvalue weighted by Gasteiger charge is -2.12. The van der Waals surface area contributed by atoms with Gasteiger partial charge in [0.2, 0.25) is 0 Å². The molecule has 1 fully saturated rings. The third-order valence-corrected chi connectivity index (χ3v) is 3.08. The van der Waals surface area contributed by atoms with E-state index in [2.05, 4.69) is 43.9 Å². The third kappa shape index (κ3) is 6.45. The summed E-state index contributed by atoms with van der Waals surface area (Å²) in [5.74, 6) is 1.89. The monoisotopic (exact) mass is 404 g/mol. The number of aliphatic imine (C=N–C) groups is 1. The van der Waals surface area contributed by atoms with E-state index in [1.807, 2.05) is 6.92 Å². The fourth-order valence-electron chi connectivity index (χ4n) is 1.82. The van der Waals surface area contributed by atoms with Crippen LogP contribution in [0.2, 0.25) is 0 Å². The number of halogens is 1. The lowest BCUT2D eigenvalue weighted by atomic mass is 10.4. The maximum absolute atomic E-state index is 4.52. The van der Waals surface area contributed by atoms with Crippen molar-refractivity contribution in [3.8, 4) is 0 Å². The van der Waals surface area contributed by atoms with Crippen LogP contribution < -0.4 is 10.6 Å². The maximum Gasteiger partial charge on any atom is 0.191 e. The Balaban J connectivity index is 0.00000220. The van der Waals surface area contributed by atoms with Crippen molar-refractivity contribution in [3.05, 3.63) is 24.3 Å². The first-order valence-corrected chi connectivity index (χ1v) is 7.25. The fourth-order valence-corrected chi connectivity index (χ4v) is 1.82. The van der Waals surface area contributed by atoms with Gasteiger partial charge in [-0.15, -0.1) is 34.2 Å². The van der Waals surface area contributed by atoms with E-state index in [1.54, 1.807) is 6.33 Å². The Labute approximate surface area is 143 Å².